The summed E-state index contributed by atoms with van der Waals surface area (Å²) in [5.74, 6) is 0. The molecule has 0 aliphatic carbocycles. The molecule has 1 unspecified atom stereocenters. The van der Waals surface area contributed by atoms with Crippen LogP contribution >= 0.6 is 7.60 Å². The highest BCUT2D eigenvalue weighted by Gasteiger charge is 2.56. The van der Waals surface area contributed by atoms with Crippen LogP contribution in [-0.2, 0) is 4.57 Å². The van der Waals surface area contributed by atoms with Gasteiger partial charge in [0, 0.05) is 11.3 Å². The van der Waals surface area contributed by atoms with Crippen molar-refractivity contribution in [1.82, 2.24) is 19.5 Å². The normalized spacial score (nSPS) is 13.9. The molecule has 3 aromatic rings. The molecule has 0 amide bonds. The number of anilines is 1. The van der Waals surface area contributed by atoms with Crippen LogP contribution in [0, 0.1) is 6.92 Å². The van der Waals surface area contributed by atoms with E-state index in [-0.39, 0.29) is 22.4 Å². The molecule has 13 heteroatoms. The molecule has 0 aliphatic rings. The number of H-pyrrole nitrogens is 1. The van der Waals surface area contributed by atoms with Gasteiger partial charge in [0.25, 0.3) is 5.56 Å². The number of nitrogen functional groups attached to an aromatic ring is 1. The van der Waals surface area contributed by atoms with E-state index in [4.69, 9.17) is 15.5 Å². The predicted molar refractivity (Wildman–Crippen MR) is 90.6 cm³/mol. The van der Waals surface area contributed by atoms with Crippen LogP contribution in [0.15, 0.2) is 29.6 Å². The molecule has 2 aromatic heterocycles. The maximum atomic E-state index is 13.8. The van der Waals surface area contributed by atoms with E-state index < -0.39 is 30.5 Å². The second kappa shape index (κ2) is 6.20. The number of imidazole rings is 1. The Morgan fingerprint density at radius 3 is 2.63 bits per heavy atom. The summed E-state index contributed by atoms with van der Waals surface area (Å²) < 4.78 is 40.0. The smallest absolute Gasteiger partial charge is 0.397 e. The molecule has 0 radical (unpaired) electrons. The van der Waals surface area contributed by atoms with Crippen LogP contribution in [0.2, 0.25) is 0 Å². The van der Waals surface area contributed by atoms with Crippen LogP contribution in [0.3, 0.4) is 0 Å². The predicted octanol–water partition coefficient (Wildman–Crippen LogP) is 0.803. The number of rotatable bonds is 4. The Hall–Kier alpha value is -2.66. The summed E-state index contributed by atoms with van der Waals surface area (Å²) in [6.45, 7) is 1.45. The van der Waals surface area contributed by atoms with Crippen molar-refractivity contribution in [2.45, 2.75) is 18.7 Å². The Morgan fingerprint density at radius 2 is 2.00 bits per heavy atom. The first kappa shape index (κ1) is 19.1. The van der Waals surface area contributed by atoms with Gasteiger partial charge in [0.05, 0.1) is 12.0 Å². The second-order valence-electron chi connectivity index (χ2n) is 5.77. The number of aliphatic hydroxyl groups is 1. The number of hydrogen-bond donors (Lipinski definition) is 5. The van der Waals surface area contributed by atoms with Crippen LogP contribution in [0.4, 0.5) is 14.5 Å². The van der Waals surface area contributed by atoms with E-state index >= 15 is 0 Å². The summed E-state index contributed by atoms with van der Waals surface area (Å²) in [6, 6.07) is 2.31. The zero-order chi connectivity index (χ0) is 20.1. The lowest BCUT2D eigenvalue weighted by atomic mass is 10.0. The maximum Gasteiger partial charge on any atom is 0.397 e. The number of benzene rings is 1. The Balaban J connectivity index is 2.15. The molecular weight excluding hydrogens is 387 g/mol. The summed E-state index contributed by atoms with van der Waals surface area (Å²) in [7, 11) is -5.93. The molecular formula is C14H14F2N5O5P. The van der Waals surface area contributed by atoms with Gasteiger partial charge in [-0.25, -0.2) is 9.97 Å². The molecule has 27 heavy (non-hydrogen) atoms. The Morgan fingerprint density at radius 1 is 1.33 bits per heavy atom. The fourth-order valence-corrected chi connectivity index (χ4v) is 3.06. The van der Waals surface area contributed by atoms with Gasteiger partial charge in [-0.2, -0.15) is 8.78 Å². The average molecular weight is 401 g/mol. The molecule has 0 aliphatic heterocycles. The molecule has 0 fully saturated rings. The molecule has 6 N–H and O–H groups in total. The standard InChI is InChI=1S/C14H14F2N5O5P/c1-6-8(21-5-20-10-12(21)18-4-19-13(10)23)3-2-7(9(6)17)11(22)14(15,16)27(24,25)26/h2-5,11,22H,17H2,1H3,(H,18,19,23)(H2,24,25,26). The number of nitrogens with two attached hydrogens (primary N) is 1. The van der Waals surface area contributed by atoms with E-state index in [2.05, 4.69) is 15.0 Å². The zero-order valence-corrected chi connectivity index (χ0v) is 14.6. The quantitative estimate of drug-likeness (QED) is 0.316. The molecule has 144 valence electrons. The van der Waals surface area contributed by atoms with Crippen molar-refractivity contribution in [2.24, 2.45) is 0 Å². The molecule has 0 saturated heterocycles. The SMILES string of the molecule is Cc1c(-n2cnc3c(=O)[nH]cnc32)ccc(C(O)C(F)(F)P(=O)(O)O)c1N. The molecule has 2 heterocycles. The minimum absolute atomic E-state index is 0.0487. The van der Waals surface area contributed by atoms with Crippen molar-refractivity contribution in [3.63, 3.8) is 0 Å². The summed E-state index contributed by atoms with van der Waals surface area (Å²) in [5.41, 5.74) is 0.604. The highest BCUT2D eigenvalue weighted by Crippen LogP contribution is 2.59. The number of halogens is 2. The lowest BCUT2D eigenvalue weighted by molar-refractivity contribution is -0.0603. The van der Waals surface area contributed by atoms with E-state index in [1.807, 2.05) is 0 Å². The van der Waals surface area contributed by atoms with E-state index in [1.54, 1.807) is 0 Å². The molecule has 1 atom stereocenters. The van der Waals surface area contributed by atoms with Crippen molar-refractivity contribution >= 4 is 24.4 Å². The largest absolute Gasteiger partial charge is 0.398 e. The lowest BCUT2D eigenvalue weighted by Gasteiger charge is -2.25. The van der Waals surface area contributed by atoms with Crippen molar-refractivity contribution in [1.29, 1.82) is 0 Å². The number of fused-ring (bicyclic) bond motifs is 1. The fourth-order valence-electron chi connectivity index (χ4n) is 2.61. The highest BCUT2D eigenvalue weighted by atomic mass is 31.2. The summed E-state index contributed by atoms with van der Waals surface area (Å²) in [5, 5.41) is 9.82. The monoisotopic (exact) mass is 401 g/mol. The third kappa shape index (κ3) is 2.92. The van der Waals surface area contributed by atoms with Crippen LogP contribution in [0.5, 0.6) is 0 Å². The van der Waals surface area contributed by atoms with Crippen LogP contribution < -0.4 is 11.3 Å². The van der Waals surface area contributed by atoms with Crippen molar-refractivity contribution in [3.05, 3.63) is 46.3 Å². The molecule has 1 aromatic carbocycles. The zero-order valence-electron chi connectivity index (χ0n) is 13.7. The first-order valence-corrected chi connectivity index (χ1v) is 8.99. The van der Waals surface area contributed by atoms with E-state index in [1.165, 1.54) is 30.2 Å². The summed E-state index contributed by atoms with van der Waals surface area (Å²) in [6.07, 6.45) is -0.360. The molecule has 0 bridgehead atoms. The number of hydrogen-bond acceptors (Lipinski definition) is 6. The molecule has 0 spiro atoms. The summed E-state index contributed by atoms with van der Waals surface area (Å²) in [4.78, 5) is 39.6. The van der Waals surface area contributed by atoms with Gasteiger partial charge in [0.2, 0.25) is 0 Å². The van der Waals surface area contributed by atoms with Gasteiger partial charge in [0.15, 0.2) is 17.3 Å². The number of nitrogens with one attached hydrogen (secondary N) is 1. The van der Waals surface area contributed by atoms with Gasteiger partial charge in [-0.3, -0.25) is 13.9 Å². The summed E-state index contributed by atoms with van der Waals surface area (Å²) >= 11 is 0. The Kier molecular flexibility index (Phi) is 4.39. The fraction of sp³-hybridized carbons (Fsp3) is 0.214. The van der Waals surface area contributed by atoms with Crippen LogP contribution in [0.1, 0.15) is 17.2 Å². The van der Waals surface area contributed by atoms with E-state index in [0.717, 1.165) is 6.07 Å². The van der Waals surface area contributed by atoms with Crippen molar-refractivity contribution in [2.75, 3.05) is 5.73 Å². The van der Waals surface area contributed by atoms with E-state index in [9.17, 15) is 23.2 Å². The van der Waals surface area contributed by atoms with Crippen molar-refractivity contribution in [3.8, 4) is 5.69 Å². The Bertz CT molecular complexity index is 1140. The topological polar surface area (TPSA) is 167 Å². The first-order chi connectivity index (χ1) is 12.5. The molecule has 0 saturated carbocycles. The van der Waals surface area contributed by atoms with Gasteiger partial charge >= 0.3 is 13.3 Å². The third-order valence-corrected chi connectivity index (χ3v) is 5.15. The van der Waals surface area contributed by atoms with Gasteiger partial charge < -0.3 is 25.6 Å². The van der Waals surface area contributed by atoms with Crippen LogP contribution in [-0.4, -0.2) is 40.1 Å². The maximum absolute atomic E-state index is 13.8. The van der Waals surface area contributed by atoms with Gasteiger partial charge in [0.1, 0.15) is 6.33 Å². The molecule has 3 rings (SSSR count). The number of alkyl halides is 2. The minimum atomic E-state index is -5.93. The highest BCUT2D eigenvalue weighted by molar-refractivity contribution is 7.53. The minimum Gasteiger partial charge on any atom is -0.398 e. The van der Waals surface area contributed by atoms with E-state index in [0.29, 0.717) is 5.69 Å². The van der Waals surface area contributed by atoms with Gasteiger partial charge in [-0.05, 0) is 18.6 Å². The number of aromatic nitrogens is 4. The van der Waals surface area contributed by atoms with Gasteiger partial charge in [-0.15, -0.1) is 0 Å². The molecule has 10 nitrogen and oxygen atoms in total. The second-order valence-corrected chi connectivity index (χ2v) is 7.45. The first-order valence-electron chi connectivity index (χ1n) is 7.38. The van der Waals surface area contributed by atoms with Gasteiger partial charge in [-0.1, -0.05) is 6.07 Å². The third-order valence-electron chi connectivity index (χ3n) is 4.13. The van der Waals surface area contributed by atoms with Crippen LogP contribution in [0.25, 0.3) is 16.9 Å². The lowest BCUT2D eigenvalue weighted by Crippen LogP contribution is -2.27. The average Bonchev–Trinajstić information content (AvgIpc) is 3.01. The number of aromatic amines is 1. The number of aliphatic hydroxyl groups excluding tert-OH is 1. The number of nitrogens with zero attached hydrogens (tertiary/aromatic N) is 3. The van der Waals surface area contributed by atoms with Crippen molar-refractivity contribution < 1.29 is 28.2 Å². The Labute approximate surface area is 149 Å².